The molecule has 0 aliphatic heterocycles. The Morgan fingerprint density at radius 1 is 1.56 bits per heavy atom. The van der Waals surface area contributed by atoms with E-state index in [1.165, 1.54) is 0 Å². The minimum Gasteiger partial charge on any atom is -0.475 e. The van der Waals surface area contributed by atoms with Crippen LogP contribution in [0.15, 0.2) is 10.5 Å². The Morgan fingerprint density at radius 3 is 2.62 bits per heavy atom. The molecule has 0 bridgehead atoms. The van der Waals surface area contributed by atoms with E-state index in [-0.39, 0.29) is 17.1 Å². The van der Waals surface area contributed by atoms with E-state index < -0.39 is 5.97 Å². The summed E-state index contributed by atoms with van der Waals surface area (Å²) in [5.74, 6) is 0.192. The lowest BCUT2D eigenvalue weighted by Crippen LogP contribution is -2.15. The zero-order valence-electron chi connectivity index (χ0n) is 9.56. The van der Waals surface area contributed by atoms with Gasteiger partial charge in [0.15, 0.2) is 0 Å². The molecule has 90 valence electrons. The largest absolute Gasteiger partial charge is 0.475 e. The average molecular weight is 244 g/mol. The summed E-state index contributed by atoms with van der Waals surface area (Å²) in [5.41, 5.74) is 0.870. The molecule has 0 radical (unpaired) electrons. The number of aliphatic hydroxyl groups is 1. The zero-order chi connectivity index (χ0) is 12.3. The predicted molar refractivity (Wildman–Crippen MR) is 62.8 cm³/mol. The maximum absolute atomic E-state index is 10.7. The second-order valence-electron chi connectivity index (χ2n) is 3.75. The van der Waals surface area contributed by atoms with Crippen molar-refractivity contribution in [2.75, 3.05) is 0 Å². The minimum atomic E-state index is -1.05. The first-order valence-corrected chi connectivity index (χ1v) is 6.09. The van der Waals surface area contributed by atoms with Crippen molar-refractivity contribution in [3.8, 4) is 0 Å². The summed E-state index contributed by atoms with van der Waals surface area (Å²) in [4.78, 5) is 10.7. The monoisotopic (exact) mass is 244 g/mol. The van der Waals surface area contributed by atoms with Crippen molar-refractivity contribution in [1.29, 1.82) is 0 Å². The molecule has 0 amide bonds. The highest BCUT2D eigenvalue weighted by Gasteiger charge is 2.15. The minimum absolute atomic E-state index is 0.0298. The molecule has 1 heterocycles. The fraction of sp³-hybridized carbons (Fsp3) is 0.545. The fourth-order valence-electron chi connectivity index (χ4n) is 1.13. The second kappa shape index (κ2) is 5.41. The summed E-state index contributed by atoms with van der Waals surface area (Å²) < 4.78 is 5.09. The smallest absolute Gasteiger partial charge is 0.371 e. The van der Waals surface area contributed by atoms with Crippen molar-refractivity contribution in [1.82, 2.24) is 0 Å². The van der Waals surface area contributed by atoms with Gasteiger partial charge in [-0.05, 0) is 19.9 Å². The quantitative estimate of drug-likeness (QED) is 0.831. The van der Waals surface area contributed by atoms with Gasteiger partial charge in [-0.3, -0.25) is 0 Å². The molecule has 0 spiro atoms. The van der Waals surface area contributed by atoms with Crippen molar-refractivity contribution in [3.63, 3.8) is 0 Å². The topological polar surface area (TPSA) is 70.7 Å². The van der Waals surface area contributed by atoms with Crippen LogP contribution in [-0.4, -0.2) is 27.5 Å². The SMILES string of the molecule is Cc1oc(C(=O)O)cc1CSC(C)C(C)O. The first kappa shape index (κ1) is 13.1. The Kier molecular flexibility index (Phi) is 4.44. The number of thioether (sulfide) groups is 1. The van der Waals surface area contributed by atoms with Crippen LogP contribution in [0.5, 0.6) is 0 Å². The first-order chi connectivity index (χ1) is 7.41. The van der Waals surface area contributed by atoms with Crippen molar-refractivity contribution in [2.24, 2.45) is 0 Å². The third kappa shape index (κ3) is 3.28. The van der Waals surface area contributed by atoms with Crippen LogP contribution in [0.3, 0.4) is 0 Å². The molecular weight excluding hydrogens is 228 g/mol. The van der Waals surface area contributed by atoms with Crippen molar-refractivity contribution in [2.45, 2.75) is 37.9 Å². The lowest BCUT2D eigenvalue weighted by molar-refractivity contribution is 0.0661. The number of rotatable bonds is 5. The van der Waals surface area contributed by atoms with Gasteiger partial charge in [-0.2, -0.15) is 11.8 Å². The normalized spacial score (nSPS) is 14.8. The summed E-state index contributed by atoms with van der Waals surface area (Å²) >= 11 is 1.57. The van der Waals surface area contributed by atoms with E-state index in [4.69, 9.17) is 9.52 Å². The highest BCUT2D eigenvalue weighted by molar-refractivity contribution is 7.99. The molecule has 0 aromatic carbocycles. The molecule has 2 unspecified atom stereocenters. The van der Waals surface area contributed by atoms with Gasteiger partial charge >= 0.3 is 5.97 Å². The van der Waals surface area contributed by atoms with Crippen LogP contribution in [0.25, 0.3) is 0 Å². The molecule has 0 fully saturated rings. The molecule has 5 heteroatoms. The Labute approximate surface area is 98.7 Å². The van der Waals surface area contributed by atoms with Gasteiger partial charge in [0, 0.05) is 16.6 Å². The van der Waals surface area contributed by atoms with Gasteiger partial charge in [-0.15, -0.1) is 0 Å². The standard InChI is InChI=1S/C11H16O4S/c1-6(12)8(3)16-5-9-4-10(11(13)14)15-7(9)2/h4,6,8,12H,5H2,1-3H3,(H,13,14). The number of hydrogen-bond donors (Lipinski definition) is 2. The predicted octanol–water partition coefficient (Wildman–Crippen LogP) is 2.29. The van der Waals surface area contributed by atoms with Gasteiger partial charge in [-0.1, -0.05) is 6.92 Å². The third-order valence-electron chi connectivity index (χ3n) is 2.41. The van der Waals surface area contributed by atoms with Crippen LogP contribution in [0.1, 0.15) is 35.7 Å². The number of carboxylic acids is 1. The molecule has 1 aromatic heterocycles. The fourth-order valence-corrected chi connectivity index (χ4v) is 2.14. The van der Waals surface area contributed by atoms with Crippen LogP contribution in [-0.2, 0) is 5.75 Å². The molecular formula is C11H16O4S. The highest BCUT2D eigenvalue weighted by atomic mass is 32.2. The first-order valence-electron chi connectivity index (χ1n) is 5.04. The van der Waals surface area contributed by atoms with Gasteiger partial charge in [0.2, 0.25) is 5.76 Å². The molecule has 4 nitrogen and oxygen atoms in total. The molecule has 2 atom stereocenters. The summed E-state index contributed by atoms with van der Waals surface area (Å²) in [6, 6.07) is 1.54. The van der Waals surface area contributed by atoms with E-state index in [0.717, 1.165) is 5.56 Å². The number of aryl methyl sites for hydroxylation is 1. The Balaban J connectivity index is 2.64. The number of furan rings is 1. The van der Waals surface area contributed by atoms with E-state index in [1.807, 2.05) is 6.92 Å². The van der Waals surface area contributed by atoms with Gasteiger partial charge in [0.25, 0.3) is 0 Å². The van der Waals surface area contributed by atoms with Crippen LogP contribution >= 0.6 is 11.8 Å². The third-order valence-corrected chi connectivity index (χ3v) is 3.81. The van der Waals surface area contributed by atoms with Crippen LogP contribution in [0, 0.1) is 6.92 Å². The molecule has 1 rings (SSSR count). The maximum atomic E-state index is 10.7. The van der Waals surface area contributed by atoms with Gasteiger partial charge in [0.1, 0.15) is 5.76 Å². The van der Waals surface area contributed by atoms with E-state index >= 15 is 0 Å². The molecule has 16 heavy (non-hydrogen) atoms. The molecule has 2 N–H and O–H groups in total. The van der Waals surface area contributed by atoms with Crippen molar-refractivity contribution in [3.05, 3.63) is 23.2 Å². The van der Waals surface area contributed by atoms with E-state index in [0.29, 0.717) is 11.5 Å². The van der Waals surface area contributed by atoms with Crippen LogP contribution < -0.4 is 0 Å². The second-order valence-corrected chi connectivity index (χ2v) is 5.12. The number of aliphatic hydroxyl groups excluding tert-OH is 1. The summed E-state index contributed by atoms with van der Waals surface area (Å²) in [5, 5.41) is 18.2. The maximum Gasteiger partial charge on any atom is 0.371 e. The molecule has 1 aromatic rings. The zero-order valence-corrected chi connectivity index (χ0v) is 10.4. The Morgan fingerprint density at radius 2 is 2.19 bits per heavy atom. The lowest BCUT2D eigenvalue weighted by Gasteiger charge is -2.13. The molecule has 0 aliphatic carbocycles. The van der Waals surface area contributed by atoms with Gasteiger partial charge in [-0.25, -0.2) is 4.79 Å². The van der Waals surface area contributed by atoms with Crippen molar-refractivity contribution < 1.29 is 19.4 Å². The van der Waals surface area contributed by atoms with E-state index in [9.17, 15) is 9.90 Å². The number of hydrogen-bond acceptors (Lipinski definition) is 4. The molecule has 0 saturated carbocycles. The van der Waals surface area contributed by atoms with Crippen LogP contribution in [0.2, 0.25) is 0 Å². The number of aromatic carboxylic acids is 1. The Bertz CT molecular complexity index is 370. The summed E-state index contributed by atoms with van der Waals surface area (Å²) in [7, 11) is 0. The van der Waals surface area contributed by atoms with Gasteiger partial charge < -0.3 is 14.6 Å². The number of carboxylic acid groups (broad SMARTS) is 1. The average Bonchev–Trinajstić information content (AvgIpc) is 2.56. The number of carbonyl (C=O) groups is 1. The van der Waals surface area contributed by atoms with Crippen LogP contribution in [0.4, 0.5) is 0 Å². The summed E-state index contributed by atoms with van der Waals surface area (Å²) in [6.07, 6.45) is -0.379. The summed E-state index contributed by atoms with van der Waals surface area (Å²) in [6.45, 7) is 5.42. The van der Waals surface area contributed by atoms with Crippen molar-refractivity contribution >= 4 is 17.7 Å². The highest BCUT2D eigenvalue weighted by Crippen LogP contribution is 2.24. The lowest BCUT2D eigenvalue weighted by atomic mass is 10.3. The Hall–Kier alpha value is -0.940. The van der Waals surface area contributed by atoms with E-state index in [2.05, 4.69) is 0 Å². The van der Waals surface area contributed by atoms with Gasteiger partial charge in [0.05, 0.1) is 6.10 Å². The molecule has 0 aliphatic rings. The van der Waals surface area contributed by atoms with E-state index in [1.54, 1.807) is 31.7 Å². The molecule has 0 saturated heterocycles.